The number of nitrogens with zero attached hydrogens (tertiary/aromatic N) is 2. The van der Waals surface area contributed by atoms with Crippen molar-refractivity contribution in [1.82, 2.24) is 10.3 Å². The van der Waals surface area contributed by atoms with Crippen LogP contribution in [0.5, 0.6) is 0 Å². The average molecular weight is 241 g/mol. The standard InChI is InChI=1S/C8H7N3O4S/c12-5-2-9-7(15)11(5)8-10-4(3-16-8)1-6(13)14/h3H,1-2H2,(H,9,15)(H,13,14). The molecule has 1 aromatic rings. The Bertz CT molecular complexity index is 454. The molecule has 1 aliphatic rings. The molecule has 1 aliphatic heterocycles. The van der Waals surface area contributed by atoms with Crippen LogP contribution in [0.3, 0.4) is 0 Å². The number of thiazole rings is 1. The fraction of sp³-hybridized carbons (Fsp3) is 0.250. The van der Waals surface area contributed by atoms with Crippen LogP contribution in [-0.4, -0.2) is 34.5 Å². The quantitative estimate of drug-likeness (QED) is 0.715. The topological polar surface area (TPSA) is 99.6 Å². The van der Waals surface area contributed by atoms with Gasteiger partial charge in [-0.2, -0.15) is 0 Å². The minimum atomic E-state index is -1.01. The fourth-order valence-electron chi connectivity index (χ4n) is 1.25. The summed E-state index contributed by atoms with van der Waals surface area (Å²) in [6, 6.07) is -0.527. The van der Waals surface area contributed by atoms with Crippen LogP contribution in [0.2, 0.25) is 0 Å². The Kier molecular flexibility index (Phi) is 2.57. The van der Waals surface area contributed by atoms with E-state index in [0.29, 0.717) is 5.69 Å². The number of carbonyl (C=O) groups is 3. The minimum Gasteiger partial charge on any atom is -0.481 e. The average Bonchev–Trinajstić information content (AvgIpc) is 2.73. The van der Waals surface area contributed by atoms with E-state index in [0.717, 1.165) is 16.2 Å². The second kappa shape index (κ2) is 3.89. The number of carbonyl (C=O) groups excluding carboxylic acids is 2. The summed E-state index contributed by atoms with van der Waals surface area (Å²) < 4.78 is 0. The van der Waals surface area contributed by atoms with Gasteiger partial charge in [0.15, 0.2) is 0 Å². The smallest absolute Gasteiger partial charge is 0.331 e. The first-order valence-corrected chi connectivity index (χ1v) is 5.23. The van der Waals surface area contributed by atoms with E-state index in [-0.39, 0.29) is 24.0 Å². The summed E-state index contributed by atoms with van der Waals surface area (Å²) in [5, 5.41) is 12.6. The molecule has 2 N–H and O–H groups in total. The van der Waals surface area contributed by atoms with Crippen LogP contribution >= 0.6 is 11.3 Å². The number of aliphatic carboxylic acids is 1. The number of hydrogen-bond donors (Lipinski definition) is 2. The third-order valence-electron chi connectivity index (χ3n) is 1.91. The summed E-state index contributed by atoms with van der Waals surface area (Å²) in [5.74, 6) is -1.39. The molecule has 0 saturated carbocycles. The molecule has 2 heterocycles. The van der Waals surface area contributed by atoms with Crippen molar-refractivity contribution in [2.45, 2.75) is 6.42 Å². The number of nitrogens with one attached hydrogen (secondary N) is 1. The van der Waals surface area contributed by atoms with Crippen molar-refractivity contribution in [2.24, 2.45) is 0 Å². The van der Waals surface area contributed by atoms with Gasteiger partial charge in [0, 0.05) is 5.38 Å². The van der Waals surface area contributed by atoms with Gasteiger partial charge >= 0.3 is 12.0 Å². The number of urea groups is 1. The van der Waals surface area contributed by atoms with E-state index in [4.69, 9.17) is 5.11 Å². The van der Waals surface area contributed by atoms with Gasteiger partial charge in [-0.1, -0.05) is 0 Å². The minimum absolute atomic E-state index is 0.0489. The Morgan fingerprint density at radius 2 is 2.38 bits per heavy atom. The van der Waals surface area contributed by atoms with Crippen LogP contribution < -0.4 is 10.2 Å². The summed E-state index contributed by atoms with van der Waals surface area (Å²) in [7, 11) is 0. The number of carboxylic acid groups (broad SMARTS) is 1. The summed E-state index contributed by atoms with van der Waals surface area (Å²) >= 11 is 1.07. The molecule has 3 amide bonds. The molecule has 1 aromatic heterocycles. The number of anilines is 1. The first kappa shape index (κ1) is 10.6. The van der Waals surface area contributed by atoms with E-state index >= 15 is 0 Å². The fourth-order valence-corrected chi connectivity index (χ4v) is 2.09. The molecule has 7 nitrogen and oxygen atoms in total. The van der Waals surface area contributed by atoms with Crippen LogP contribution in [0.1, 0.15) is 5.69 Å². The molecule has 0 aliphatic carbocycles. The van der Waals surface area contributed by atoms with E-state index in [1.807, 2.05) is 0 Å². The Labute approximate surface area is 93.7 Å². The zero-order valence-electron chi connectivity index (χ0n) is 7.97. The monoisotopic (exact) mass is 241 g/mol. The van der Waals surface area contributed by atoms with Crippen molar-refractivity contribution in [3.8, 4) is 0 Å². The predicted molar refractivity (Wildman–Crippen MR) is 54.3 cm³/mol. The van der Waals surface area contributed by atoms with E-state index < -0.39 is 12.0 Å². The lowest BCUT2D eigenvalue weighted by molar-refractivity contribution is -0.136. The maximum atomic E-state index is 11.3. The van der Waals surface area contributed by atoms with Gasteiger partial charge in [-0.05, 0) is 0 Å². The molecule has 2 rings (SSSR count). The second-order valence-electron chi connectivity index (χ2n) is 3.08. The highest BCUT2D eigenvalue weighted by Crippen LogP contribution is 2.22. The SMILES string of the molecule is O=C(O)Cc1csc(N2C(=O)CNC2=O)n1. The number of hydrogen-bond acceptors (Lipinski definition) is 5. The van der Waals surface area contributed by atoms with E-state index in [1.54, 1.807) is 0 Å². The van der Waals surface area contributed by atoms with Crippen LogP contribution in [0, 0.1) is 0 Å². The maximum Gasteiger partial charge on any atom is 0.331 e. The molecule has 84 valence electrons. The molecule has 1 saturated heterocycles. The molecule has 0 atom stereocenters. The Morgan fingerprint density at radius 3 is 2.94 bits per heavy atom. The first-order chi connectivity index (χ1) is 7.58. The lowest BCUT2D eigenvalue weighted by Crippen LogP contribution is -2.30. The molecule has 16 heavy (non-hydrogen) atoms. The van der Waals surface area contributed by atoms with E-state index in [1.165, 1.54) is 5.38 Å². The van der Waals surface area contributed by atoms with Crippen molar-refractivity contribution in [3.63, 3.8) is 0 Å². The highest BCUT2D eigenvalue weighted by Gasteiger charge is 2.32. The molecular weight excluding hydrogens is 234 g/mol. The number of rotatable bonds is 3. The van der Waals surface area contributed by atoms with Crippen molar-refractivity contribution in [2.75, 3.05) is 11.4 Å². The summed E-state index contributed by atoms with van der Waals surface area (Å²) in [4.78, 5) is 37.8. The zero-order chi connectivity index (χ0) is 11.7. The second-order valence-corrected chi connectivity index (χ2v) is 3.92. The molecule has 0 aromatic carbocycles. The Balaban J connectivity index is 2.21. The largest absolute Gasteiger partial charge is 0.481 e. The number of amides is 3. The normalized spacial score (nSPS) is 15.4. The van der Waals surface area contributed by atoms with Crippen LogP contribution in [0.4, 0.5) is 9.93 Å². The maximum absolute atomic E-state index is 11.3. The number of imide groups is 1. The van der Waals surface area contributed by atoms with Crippen molar-refractivity contribution >= 4 is 34.4 Å². The third-order valence-corrected chi connectivity index (χ3v) is 2.78. The Morgan fingerprint density at radius 1 is 1.62 bits per heavy atom. The Hall–Kier alpha value is -1.96. The van der Waals surface area contributed by atoms with Gasteiger partial charge < -0.3 is 10.4 Å². The van der Waals surface area contributed by atoms with Crippen LogP contribution in [-0.2, 0) is 16.0 Å². The van der Waals surface area contributed by atoms with Gasteiger partial charge in [0.05, 0.1) is 18.7 Å². The van der Waals surface area contributed by atoms with Gasteiger partial charge in [-0.15, -0.1) is 11.3 Å². The molecule has 0 spiro atoms. The number of aromatic nitrogens is 1. The summed E-state index contributed by atoms with van der Waals surface area (Å²) in [6.45, 7) is -0.0489. The lowest BCUT2D eigenvalue weighted by Gasteiger charge is -2.06. The predicted octanol–water partition coefficient (Wildman–Crippen LogP) is -0.174. The van der Waals surface area contributed by atoms with E-state index in [9.17, 15) is 14.4 Å². The van der Waals surface area contributed by atoms with Crippen molar-refractivity contribution < 1.29 is 19.5 Å². The molecule has 1 fully saturated rings. The van der Waals surface area contributed by atoms with Crippen LogP contribution in [0.15, 0.2) is 5.38 Å². The van der Waals surface area contributed by atoms with Gasteiger partial charge in [-0.3, -0.25) is 9.59 Å². The number of carboxylic acids is 1. The third kappa shape index (κ3) is 1.87. The van der Waals surface area contributed by atoms with Gasteiger partial charge in [0.2, 0.25) is 5.13 Å². The molecule has 0 radical (unpaired) electrons. The van der Waals surface area contributed by atoms with E-state index in [2.05, 4.69) is 10.3 Å². The van der Waals surface area contributed by atoms with Gasteiger partial charge in [0.25, 0.3) is 5.91 Å². The van der Waals surface area contributed by atoms with Crippen molar-refractivity contribution in [3.05, 3.63) is 11.1 Å². The van der Waals surface area contributed by atoms with Gasteiger partial charge in [0.1, 0.15) is 0 Å². The summed E-state index contributed by atoms with van der Waals surface area (Å²) in [6.07, 6.45) is -0.222. The lowest BCUT2D eigenvalue weighted by atomic mass is 10.3. The van der Waals surface area contributed by atoms with Gasteiger partial charge in [-0.25, -0.2) is 14.7 Å². The first-order valence-electron chi connectivity index (χ1n) is 4.35. The highest BCUT2D eigenvalue weighted by molar-refractivity contribution is 7.14. The molecule has 0 unspecified atom stereocenters. The molecule has 8 heteroatoms. The highest BCUT2D eigenvalue weighted by atomic mass is 32.1. The zero-order valence-corrected chi connectivity index (χ0v) is 8.78. The van der Waals surface area contributed by atoms with Crippen molar-refractivity contribution in [1.29, 1.82) is 0 Å². The van der Waals surface area contributed by atoms with Crippen LogP contribution in [0.25, 0.3) is 0 Å². The summed E-state index contributed by atoms with van der Waals surface area (Å²) in [5.41, 5.74) is 0.333. The molecule has 0 bridgehead atoms. The molecular formula is C8H7N3O4S.